The largest absolute Gasteiger partial charge is 0.387 e. The second-order valence-electron chi connectivity index (χ2n) is 4.18. The molecule has 0 aromatic heterocycles. The third-order valence-corrected chi connectivity index (χ3v) is 3.32. The molecule has 3 fully saturated rings. The highest BCUT2D eigenvalue weighted by Gasteiger charge is 2.33. The van der Waals surface area contributed by atoms with Crippen molar-refractivity contribution in [2.24, 2.45) is 16.6 Å². The quantitative estimate of drug-likeness (QED) is 0.507. The minimum absolute atomic E-state index is 0.502. The molecule has 3 heteroatoms. The van der Waals surface area contributed by atoms with Crippen molar-refractivity contribution in [3.63, 3.8) is 0 Å². The molecule has 3 saturated heterocycles. The maximum Gasteiger partial charge on any atom is 0.0938 e. The molecular formula is C10H19N3. The Morgan fingerprint density at radius 2 is 2.15 bits per heavy atom. The van der Waals surface area contributed by atoms with E-state index in [0.717, 1.165) is 24.7 Å². The summed E-state index contributed by atoms with van der Waals surface area (Å²) < 4.78 is 0. The Balaban J connectivity index is 2.01. The molecule has 3 heterocycles. The molecule has 1 atom stereocenters. The van der Waals surface area contributed by atoms with Gasteiger partial charge in [-0.25, -0.2) is 0 Å². The molecular weight excluding hydrogens is 162 g/mol. The highest BCUT2D eigenvalue weighted by Crippen LogP contribution is 2.29. The number of amidine groups is 1. The van der Waals surface area contributed by atoms with Crippen LogP contribution in [0.15, 0.2) is 4.99 Å². The van der Waals surface area contributed by atoms with Gasteiger partial charge in [0.05, 0.1) is 11.9 Å². The van der Waals surface area contributed by atoms with Gasteiger partial charge in [-0.05, 0) is 31.8 Å². The average molecular weight is 181 g/mol. The highest BCUT2D eigenvalue weighted by molar-refractivity contribution is 5.80. The summed E-state index contributed by atoms with van der Waals surface area (Å²) >= 11 is 0. The molecule has 0 spiro atoms. The van der Waals surface area contributed by atoms with Crippen molar-refractivity contribution in [2.75, 3.05) is 19.6 Å². The predicted octanol–water partition coefficient (Wildman–Crippen LogP) is 0.848. The fourth-order valence-corrected chi connectivity index (χ4v) is 2.38. The second kappa shape index (κ2) is 3.66. The molecule has 0 aromatic carbocycles. The van der Waals surface area contributed by atoms with Gasteiger partial charge >= 0.3 is 0 Å². The normalized spacial score (nSPS) is 39.5. The molecule has 0 amide bonds. The zero-order valence-electron chi connectivity index (χ0n) is 8.37. The lowest BCUT2D eigenvalue weighted by Crippen LogP contribution is -2.50. The van der Waals surface area contributed by atoms with Crippen LogP contribution in [0.3, 0.4) is 0 Å². The minimum atomic E-state index is 0.502. The Kier molecular flexibility index (Phi) is 2.54. The van der Waals surface area contributed by atoms with Gasteiger partial charge in [0.1, 0.15) is 0 Å². The van der Waals surface area contributed by atoms with Crippen LogP contribution in [-0.2, 0) is 0 Å². The molecule has 0 aromatic rings. The SMILES string of the molecule is CCC(N)=NC1CN2CCC1CC2. The van der Waals surface area contributed by atoms with Gasteiger partial charge in [0.2, 0.25) is 0 Å². The van der Waals surface area contributed by atoms with E-state index in [1.807, 2.05) is 0 Å². The Morgan fingerprint density at radius 3 is 2.62 bits per heavy atom. The van der Waals surface area contributed by atoms with Crippen LogP contribution in [0.1, 0.15) is 26.2 Å². The highest BCUT2D eigenvalue weighted by atomic mass is 15.2. The molecule has 0 saturated carbocycles. The number of nitrogens with two attached hydrogens (primary N) is 1. The van der Waals surface area contributed by atoms with E-state index in [4.69, 9.17) is 5.73 Å². The zero-order chi connectivity index (χ0) is 9.26. The summed E-state index contributed by atoms with van der Waals surface area (Å²) in [5.41, 5.74) is 5.77. The van der Waals surface area contributed by atoms with Gasteiger partial charge in [-0.3, -0.25) is 4.99 Å². The van der Waals surface area contributed by atoms with Gasteiger partial charge in [0.25, 0.3) is 0 Å². The average Bonchev–Trinajstić information content (AvgIpc) is 2.19. The Labute approximate surface area is 80.0 Å². The van der Waals surface area contributed by atoms with Crippen molar-refractivity contribution in [3.8, 4) is 0 Å². The Hall–Kier alpha value is -0.570. The van der Waals surface area contributed by atoms with E-state index < -0.39 is 0 Å². The number of piperidine rings is 3. The lowest BCUT2D eigenvalue weighted by molar-refractivity contribution is 0.0905. The van der Waals surface area contributed by atoms with Gasteiger partial charge in [0, 0.05) is 13.0 Å². The smallest absolute Gasteiger partial charge is 0.0938 e. The summed E-state index contributed by atoms with van der Waals surface area (Å²) in [6.45, 7) is 5.77. The van der Waals surface area contributed by atoms with Crippen LogP contribution in [0, 0.1) is 5.92 Å². The summed E-state index contributed by atoms with van der Waals surface area (Å²) in [7, 11) is 0. The monoisotopic (exact) mass is 181 g/mol. The first-order valence-electron chi connectivity index (χ1n) is 5.34. The van der Waals surface area contributed by atoms with Crippen molar-refractivity contribution >= 4 is 5.84 Å². The molecule has 2 N–H and O–H groups in total. The lowest BCUT2D eigenvalue weighted by Gasteiger charge is -2.43. The van der Waals surface area contributed by atoms with Crippen molar-refractivity contribution < 1.29 is 0 Å². The first-order valence-corrected chi connectivity index (χ1v) is 5.34. The number of hydrogen-bond acceptors (Lipinski definition) is 2. The number of rotatable bonds is 2. The number of hydrogen-bond donors (Lipinski definition) is 1. The summed E-state index contributed by atoms with van der Waals surface area (Å²) in [6, 6.07) is 0.502. The molecule has 3 nitrogen and oxygen atoms in total. The predicted molar refractivity (Wildman–Crippen MR) is 54.9 cm³/mol. The molecule has 0 radical (unpaired) electrons. The Morgan fingerprint density at radius 1 is 1.46 bits per heavy atom. The van der Waals surface area contributed by atoms with E-state index in [0.29, 0.717) is 6.04 Å². The molecule has 3 aliphatic heterocycles. The van der Waals surface area contributed by atoms with Crippen LogP contribution in [-0.4, -0.2) is 36.4 Å². The van der Waals surface area contributed by atoms with Crippen LogP contribution in [0.2, 0.25) is 0 Å². The molecule has 74 valence electrons. The molecule has 3 aliphatic rings. The first kappa shape index (κ1) is 9.00. The number of aliphatic imine (C=N–C) groups is 1. The van der Waals surface area contributed by atoms with E-state index in [2.05, 4.69) is 16.8 Å². The third kappa shape index (κ3) is 1.85. The van der Waals surface area contributed by atoms with E-state index in [-0.39, 0.29) is 0 Å². The Bertz CT molecular complexity index is 204. The number of nitrogens with zero attached hydrogens (tertiary/aromatic N) is 2. The summed E-state index contributed by atoms with van der Waals surface area (Å²) in [6.07, 6.45) is 3.54. The van der Waals surface area contributed by atoms with Crippen molar-refractivity contribution in [1.82, 2.24) is 4.90 Å². The fraction of sp³-hybridized carbons (Fsp3) is 0.900. The lowest BCUT2D eigenvalue weighted by atomic mass is 9.84. The molecule has 13 heavy (non-hydrogen) atoms. The minimum Gasteiger partial charge on any atom is -0.387 e. The van der Waals surface area contributed by atoms with Gasteiger partial charge in [-0.15, -0.1) is 0 Å². The summed E-state index contributed by atoms with van der Waals surface area (Å²) in [5.74, 6) is 1.65. The fourth-order valence-electron chi connectivity index (χ4n) is 2.38. The van der Waals surface area contributed by atoms with Crippen LogP contribution < -0.4 is 5.73 Å². The maximum atomic E-state index is 5.77. The third-order valence-electron chi connectivity index (χ3n) is 3.32. The molecule has 2 bridgehead atoms. The van der Waals surface area contributed by atoms with Crippen LogP contribution in [0.25, 0.3) is 0 Å². The van der Waals surface area contributed by atoms with E-state index in [1.54, 1.807) is 0 Å². The first-order chi connectivity index (χ1) is 6.29. The molecule has 1 unspecified atom stereocenters. The van der Waals surface area contributed by atoms with Gasteiger partial charge in [-0.2, -0.15) is 0 Å². The van der Waals surface area contributed by atoms with Crippen molar-refractivity contribution in [2.45, 2.75) is 32.2 Å². The zero-order valence-corrected chi connectivity index (χ0v) is 8.37. The molecule has 3 rings (SSSR count). The van der Waals surface area contributed by atoms with E-state index in [9.17, 15) is 0 Å². The second-order valence-corrected chi connectivity index (χ2v) is 4.18. The number of fused-ring (bicyclic) bond motifs is 3. The van der Waals surface area contributed by atoms with Crippen molar-refractivity contribution in [1.29, 1.82) is 0 Å². The van der Waals surface area contributed by atoms with Crippen LogP contribution >= 0.6 is 0 Å². The van der Waals surface area contributed by atoms with E-state index in [1.165, 1.54) is 25.9 Å². The maximum absolute atomic E-state index is 5.77. The van der Waals surface area contributed by atoms with Gasteiger partial charge < -0.3 is 10.6 Å². The van der Waals surface area contributed by atoms with Crippen LogP contribution in [0.5, 0.6) is 0 Å². The van der Waals surface area contributed by atoms with Gasteiger partial charge in [-0.1, -0.05) is 6.92 Å². The summed E-state index contributed by atoms with van der Waals surface area (Å²) in [4.78, 5) is 7.10. The van der Waals surface area contributed by atoms with E-state index >= 15 is 0 Å². The van der Waals surface area contributed by atoms with Crippen LogP contribution in [0.4, 0.5) is 0 Å². The standard InChI is InChI=1S/C10H19N3/c1-2-10(11)12-9-7-13-5-3-8(9)4-6-13/h8-9H,2-7H2,1H3,(H2,11,12). The molecule has 0 aliphatic carbocycles. The summed E-state index contributed by atoms with van der Waals surface area (Å²) in [5, 5.41) is 0. The van der Waals surface area contributed by atoms with Crippen molar-refractivity contribution in [3.05, 3.63) is 0 Å². The topological polar surface area (TPSA) is 41.6 Å². The van der Waals surface area contributed by atoms with Gasteiger partial charge in [0.15, 0.2) is 0 Å².